The lowest BCUT2D eigenvalue weighted by atomic mass is 9.86. The molecule has 3 unspecified atom stereocenters. The summed E-state index contributed by atoms with van der Waals surface area (Å²) in [6.07, 6.45) is -3.65. The topological polar surface area (TPSA) is 367 Å². The van der Waals surface area contributed by atoms with E-state index in [-0.39, 0.29) is 56.0 Å². The maximum Gasteiger partial charge on any atom is 0.248 e. The summed E-state index contributed by atoms with van der Waals surface area (Å²) in [4.78, 5) is 100. The molecule has 74 heavy (non-hydrogen) atoms. The van der Waals surface area contributed by atoms with E-state index in [2.05, 4.69) is 31.4 Å². The highest BCUT2D eigenvalue weighted by atomic mass is 16.3. The standard InChI is InChI=1S/C52H85N7O15/c1-6-28(2)23-29(3)13-11-9-7-8-10-12-14-42(67)59-30(4)40(65)26-37(59)50(72)55-43(31(5)60)51(73)58-27-34(62)24-36(58)41(66)25-35(47(69)46(68)32-15-17-33(61)18-16-32)49(71)56-44(38(63)19-21-53)52(74)57-22-20-39(64)45(57)48(54)70/h15-18,28-31,34-40,43-47,60-65,68-69H,6-14,19-27,53H2,1-5H3,(H2,54,70)(H,55,72)(H,56,71)/t28?,29?,30?,31-,34-,35+,36+,37-,38-,39+,40-,43+,44+,45+,46+,47+/m1/s1. The Hall–Kier alpha value is -4.81. The number of likely N-dealkylation sites (tertiary alicyclic amines) is 3. The maximum absolute atomic E-state index is 14.4. The highest BCUT2D eigenvalue weighted by molar-refractivity contribution is 5.98. The number of aliphatic hydroxyl groups is 7. The van der Waals surface area contributed by atoms with Crippen molar-refractivity contribution in [2.24, 2.45) is 29.2 Å². The predicted octanol–water partition coefficient (Wildman–Crippen LogP) is -0.626. The number of phenolic OH excluding ortho intramolecular Hbond substituents is 1. The number of unbranched alkanes of at least 4 members (excludes halogenated alkanes) is 5. The van der Waals surface area contributed by atoms with Crippen molar-refractivity contribution in [3.8, 4) is 5.75 Å². The number of ketones is 1. The molecule has 0 radical (unpaired) electrons. The molecular weight excluding hydrogens is 963 g/mol. The maximum atomic E-state index is 14.4. The number of hydrogen-bond donors (Lipinski definition) is 12. The van der Waals surface area contributed by atoms with E-state index in [0.29, 0.717) is 12.3 Å². The molecule has 3 aliphatic rings. The van der Waals surface area contributed by atoms with Gasteiger partial charge in [0.2, 0.25) is 35.4 Å². The second kappa shape index (κ2) is 28.9. The average molecular weight is 1050 g/mol. The molecule has 0 bridgehead atoms. The zero-order chi connectivity index (χ0) is 55.1. The molecule has 3 fully saturated rings. The van der Waals surface area contributed by atoms with Gasteiger partial charge >= 0.3 is 0 Å². The Morgan fingerprint density at radius 3 is 2.00 bits per heavy atom. The first-order chi connectivity index (χ1) is 34.9. The minimum Gasteiger partial charge on any atom is -0.508 e. The molecule has 1 aromatic carbocycles. The van der Waals surface area contributed by atoms with E-state index in [1.807, 2.05) is 0 Å². The third kappa shape index (κ3) is 16.3. The number of amides is 6. The van der Waals surface area contributed by atoms with Gasteiger partial charge in [-0.05, 0) is 75.6 Å². The van der Waals surface area contributed by atoms with Crippen molar-refractivity contribution in [3.63, 3.8) is 0 Å². The summed E-state index contributed by atoms with van der Waals surface area (Å²) in [6.45, 7) is 8.75. The van der Waals surface area contributed by atoms with Crippen molar-refractivity contribution in [1.29, 1.82) is 0 Å². The van der Waals surface area contributed by atoms with Crippen LogP contribution in [0.25, 0.3) is 0 Å². The van der Waals surface area contributed by atoms with Gasteiger partial charge in [-0.1, -0.05) is 77.8 Å². The molecule has 0 spiro atoms. The van der Waals surface area contributed by atoms with Gasteiger partial charge in [-0.2, -0.15) is 0 Å². The van der Waals surface area contributed by atoms with Gasteiger partial charge < -0.3 is 77.7 Å². The number of aliphatic hydroxyl groups excluding tert-OH is 7. The van der Waals surface area contributed by atoms with Gasteiger partial charge in [0.1, 0.15) is 36.0 Å². The van der Waals surface area contributed by atoms with Crippen LogP contribution < -0.4 is 22.1 Å². The molecule has 14 N–H and O–H groups in total. The van der Waals surface area contributed by atoms with E-state index in [9.17, 15) is 74.4 Å². The van der Waals surface area contributed by atoms with Crippen LogP contribution in [0.5, 0.6) is 5.75 Å². The van der Waals surface area contributed by atoms with Crippen molar-refractivity contribution in [1.82, 2.24) is 25.3 Å². The van der Waals surface area contributed by atoms with Gasteiger partial charge in [-0.3, -0.25) is 33.6 Å². The van der Waals surface area contributed by atoms with Crippen LogP contribution in [0.2, 0.25) is 0 Å². The quantitative estimate of drug-likeness (QED) is 0.0445. The third-order valence-electron chi connectivity index (χ3n) is 15.3. The summed E-state index contributed by atoms with van der Waals surface area (Å²) >= 11 is 0. The van der Waals surface area contributed by atoms with Crippen LogP contribution >= 0.6 is 0 Å². The summed E-state index contributed by atoms with van der Waals surface area (Å²) in [7, 11) is 0. The Labute approximate surface area is 434 Å². The van der Waals surface area contributed by atoms with E-state index in [4.69, 9.17) is 11.5 Å². The molecule has 418 valence electrons. The van der Waals surface area contributed by atoms with Gasteiger partial charge in [-0.15, -0.1) is 0 Å². The summed E-state index contributed by atoms with van der Waals surface area (Å²) in [6, 6.07) is -3.79. The minimum atomic E-state index is -2.16. The second-order valence-electron chi connectivity index (χ2n) is 21.2. The first-order valence-electron chi connectivity index (χ1n) is 26.5. The number of carbonyl (C=O) groups excluding carboxylic acids is 7. The molecule has 0 saturated carbocycles. The molecular formula is C52H85N7O15. The van der Waals surface area contributed by atoms with E-state index in [1.54, 1.807) is 6.92 Å². The zero-order valence-corrected chi connectivity index (χ0v) is 43.7. The second-order valence-corrected chi connectivity index (χ2v) is 21.2. The SMILES string of the molecule is CCC(C)CC(C)CCCCCCCCC(=O)N1C(C)[C@H](O)C[C@@H]1C(=O)N[C@H](C(=O)N1C[C@H](O)C[C@H]1C(=O)C[C@H](C(=O)N[C@H](C(=O)N1CC[C@H](O)[C@H]1C(N)=O)[C@H](O)CCN)[C@H](O)[C@@H](O)c1ccc(O)cc1)[C@@H](C)O. The van der Waals surface area contributed by atoms with Crippen LogP contribution in [0.15, 0.2) is 24.3 Å². The van der Waals surface area contributed by atoms with E-state index in [1.165, 1.54) is 55.4 Å². The number of primary amides is 1. The molecule has 0 aliphatic carbocycles. The average Bonchev–Trinajstić information content (AvgIpc) is 4.04. The number of aromatic hydroxyl groups is 1. The fraction of sp³-hybridized carbons (Fsp3) is 0.750. The number of nitrogens with zero attached hydrogens (tertiary/aromatic N) is 3. The van der Waals surface area contributed by atoms with Crippen LogP contribution in [0.4, 0.5) is 0 Å². The summed E-state index contributed by atoms with van der Waals surface area (Å²) in [5.74, 6) is -7.31. The van der Waals surface area contributed by atoms with E-state index >= 15 is 0 Å². The number of carbonyl (C=O) groups is 7. The highest BCUT2D eigenvalue weighted by Crippen LogP contribution is 2.31. The summed E-state index contributed by atoms with van der Waals surface area (Å²) < 4.78 is 0. The van der Waals surface area contributed by atoms with Crippen LogP contribution in [0.1, 0.15) is 143 Å². The summed E-state index contributed by atoms with van der Waals surface area (Å²) in [5, 5.41) is 92.0. The van der Waals surface area contributed by atoms with Crippen molar-refractivity contribution >= 4 is 41.2 Å². The Kier molecular flexibility index (Phi) is 24.1. The van der Waals surface area contributed by atoms with Gasteiger partial charge in [0, 0.05) is 38.8 Å². The number of rotatable bonds is 29. The Bertz CT molecular complexity index is 2030. The molecule has 22 heteroatoms. The number of nitrogens with two attached hydrogens (primary N) is 2. The molecule has 0 aromatic heterocycles. The van der Waals surface area contributed by atoms with Crippen molar-refractivity contribution < 1.29 is 74.4 Å². The number of Topliss-reactive ketones (excluding diaryl/α,β-unsaturated/α-hetero) is 1. The van der Waals surface area contributed by atoms with Gasteiger partial charge in [0.25, 0.3) is 0 Å². The molecule has 3 aliphatic heterocycles. The van der Waals surface area contributed by atoms with Gasteiger partial charge in [0.15, 0.2) is 5.78 Å². The van der Waals surface area contributed by atoms with Crippen molar-refractivity contribution in [3.05, 3.63) is 29.8 Å². The Morgan fingerprint density at radius 2 is 1.39 bits per heavy atom. The van der Waals surface area contributed by atoms with Gasteiger partial charge in [-0.25, -0.2) is 0 Å². The fourth-order valence-electron chi connectivity index (χ4n) is 10.7. The van der Waals surface area contributed by atoms with E-state index in [0.717, 1.165) is 47.8 Å². The van der Waals surface area contributed by atoms with Crippen LogP contribution in [0, 0.1) is 17.8 Å². The Morgan fingerprint density at radius 1 is 0.770 bits per heavy atom. The molecule has 3 saturated heterocycles. The summed E-state index contributed by atoms with van der Waals surface area (Å²) in [5.41, 5.74) is 11.1. The lowest BCUT2D eigenvalue weighted by molar-refractivity contribution is -0.148. The third-order valence-corrected chi connectivity index (χ3v) is 15.3. The molecule has 3 heterocycles. The first-order valence-corrected chi connectivity index (χ1v) is 26.5. The zero-order valence-electron chi connectivity index (χ0n) is 43.7. The van der Waals surface area contributed by atoms with Crippen molar-refractivity contribution in [2.75, 3.05) is 19.6 Å². The highest BCUT2D eigenvalue weighted by Gasteiger charge is 2.49. The molecule has 6 amide bonds. The number of nitrogens with one attached hydrogen (secondary N) is 2. The van der Waals surface area contributed by atoms with Crippen molar-refractivity contribution in [2.45, 2.75) is 210 Å². The number of hydrogen-bond acceptors (Lipinski definition) is 16. The minimum absolute atomic E-state index is 0.0154. The number of phenols is 1. The smallest absolute Gasteiger partial charge is 0.248 e. The van der Waals surface area contributed by atoms with Crippen LogP contribution in [-0.2, 0) is 33.6 Å². The fourth-order valence-corrected chi connectivity index (χ4v) is 10.7. The first kappa shape index (κ1) is 61.7. The van der Waals surface area contributed by atoms with Crippen LogP contribution in [-0.4, -0.2) is 189 Å². The van der Waals surface area contributed by atoms with Crippen LogP contribution in [0.3, 0.4) is 0 Å². The molecule has 22 nitrogen and oxygen atoms in total. The molecule has 1 aromatic rings. The lowest BCUT2D eigenvalue weighted by Gasteiger charge is -2.34. The normalized spacial score (nSPS) is 25.6. The Balaban J connectivity index is 1.50. The molecule has 16 atom stereocenters. The predicted molar refractivity (Wildman–Crippen MR) is 270 cm³/mol. The number of β-amino-alcohol motifs (C(OH)–C–C–N with tert-alkyl or cyclic N) is 1. The van der Waals surface area contributed by atoms with Gasteiger partial charge in [0.05, 0.1) is 54.6 Å². The lowest BCUT2D eigenvalue weighted by Crippen LogP contribution is -2.60. The number of benzene rings is 1. The molecule has 4 rings (SSSR count). The monoisotopic (exact) mass is 1050 g/mol. The van der Waals surface area contributed by atoms with E-state index < -0.39 is 140 Å². The largest absolute Gasteiger partial charge is 0.508 e.